The van der Waals surface area contributed by atoms with Gasteiger partial charge in [-0.3, -0.25) is 0 Å². The van der Waals surface area contributed by atoms with Gasteiger partial charge < -0.3 is 5.32 Å². The highest BCUT2D eigenvalue weighted by Gasteiger charge is 2.14. The average Bonchev–Trinajstić information content (AvgIpc) is 2.37. The van der Waals surface area contributed by atoms with Crippen molar-refractivity contribution in [2.75, 3.05) is 16.8 Å². The molecule has 0 bridgehead atoms. The van der Waals surface area contributed by atoms with Crippen molar-refractivity contribution < 1.29 is 8.42 Å². The molecule has 100 valence electrons. The zero-order valence-electron chi connectivity index (χ0n) is 10.8. The average molecular weight is 277 g/mol. The van der Waals surface area contributed by atoms with Crippen LogP contribution >= 0.6 is 0 Å². The molecular formula is C13H15N3O2S. The molecule has 0 aliphatic heterocycles. The van der Waals surface area contributed by atoms with Gasteiger partial charge in [-0.05, 0) is 25.1 Å². The summed E-state index contributed by atoms with van der Waals surface area (Å²) in [5.74, 6) is 0.140. The molecule has 0 aromatic heterocycles. The van der Waals surface area contributed by atoms with Gasteiger partial charge in [0, 0.05) is 17.5 Å². The van der Waals surface area contributed by atoms with Crippen molar-refractivity contribution >= 4 is 15.5 Å². The Hall–Kier alpha value is -2.05. The van der Waals surface area contributed by atoms with E-state index < -0.39 is 9.84 Å². The van der Waals surface area contributed by atoms with E-state index in [2.05, 4.69) is 5.32 Å². The Morgan fingerprint density at radius 3 is 2.42 bits per heavy atom. The van der Waals surface area contributed by atoms with E-state index >= 15 is 0 Å². The van der Waals surface area contributed by atoms with Crippen molar-refractivity contribution in [3.63, 3.8) is 0 Å². The van der Waals surface area contributed by atoms with Crippen LogP contribution < -0.4 is 5.32 Å². The van der Waals surface area contributed by atoms with Crippen LogP contribution in [0.2, 0.25) is 0 Å². The lowest BCUT2D eigenvalue weighted by Crippen LogP contribution is -2.26. The monoisotopic (exact) mass is 277 g/mol. The minimum Gasteiger partial charge on any atom is -0.382 e. The number of sulfone groups is 1. The van der Waals surface area contributed by atoms with Gasteiger partial charge in [0.15, 0.2) is 9.84 Å². The summed E-state index contributed by atoms with van der Waals surface area (Å²) in [4.78, 5) is 0. The highest BCUT2D eigenvalue weighted by molar-refractivity contribution is 7.91. The van der Waals surface area contributed by atoms with Gasteiger partial charge in [-0.25, -0.2) is 8.42 Å². The molecule has 1 unspecified atom stereocenters. The van der Waals surface area contributed by atoms with Crippen LogP contribution in [-0.2, 0) is 9.84 Å². The van der Waals surface area contributed by atoms with Crippen molar-refractivity contribution in [3.05, 3.63) is 29.3 Å². The zero-order chi connectivity index (χ0) is 14.5. The van der Waals surface area contributed by atoms with E-state index in [0.29, 0.717) is 11.3 Å². The third-order valence-corrected chi connectivity index (χ3v) is 4.50. The van der Waals surface area contributed by atoms with Gasteiger partial charge >= 0.3 is 0 Å². The summed E-state index contributed by atoms with van der Waals surface area (Å²) < 4.78 is 23.0. The smallest absolute Gasteiger partial charge is 0.152 e. The normalized spacial score (nSPS) is 12.2. The Morgan fingerprint density at radius 2 is 1.89 bits per heavy atom. The second kappa shape index (κ2) is 6.21. The quantitative estimate of drug-likeness (QED) is 0.883. The molecule has 0 saturated heterocycles. The van der Waals surface area contributed by atoms with E-state index in [1.54, 1.807) is 32.0 Å². The first-order valence-electron chi connectivity index (χ1n) is 5.83. The van der Waals surface area contributed by atoms with E-state index in [9.17, 15) is 8.42 Å². The summed E-state index contributed by atoms with van der Waals surface area (Å²) >= 11 is 0. The van der Waals surface area contributed by atoms with Gasteiger partial charge in [0.2, 0.25) is 0 Å². The third kappa shape index (κ3) is 4.27. The van der Waals surface area contributed by atoms with Gasteiger partial charge in [-0.1, -0.05) is 6.92 Å². The number of nitriles is 2. The molecule has 0 amide bonds. The van der Waals surface area contributed by atoms with Crippen LogP contribution in [0.15, 0.2) is 18.2 Å². The first kappa shape index (κ1) is 15.0. The van der Waals surface area contributed by atoms with Crippen molar-refractivity contribution in [2.24, 2.45) is 0 Å². The Balaban J connectivity index is 2.85. The van der Waals surface area contributed by atoms with Crippen molar-refractivity contribution in [1.29, 1.82) is 10.5 Å². The third-order valence-electron chi connectivity index (χ3n) is 2.62. The lowest BCUT2D eigenvalue weighted by molar-refractivity contribution is 0.593. The maximum absolute atomic E-state index is 11.5. The number of rotatable bonds is 5. The topological polar surface area (TPSA) is 93.8 Å². The summed E-state index contributed by atoms with van der Waals surface area (Å²) in [6.07, 6.45) is 0. The lowest BCUT2D eigenvalue weighted by Gasteiger charge is -2.15. The largest absolute Gasteiger partial charge is 0.382 e. The molecule has 0 saturated carbocycles. The Morgan fingerprint density at radius 1 is 1.26 bits per heavy atom. The summed E-state index contributed by atoms with van der Waals surface area (Å²) in [5.41, 5.74) is 1.22. The fourth-order valence-electron chi connectivity index (χ4n) is 1.65. The van der Waals surface area contributed by atoms with Crippen LogP contribution in [-0.4, -0.2) is 26.0 Å². The molecule has 0 aliphatic carbocycles. The standard InChI is InChI=1S/C13H15N3O2S/c1-3-19(17,18)9-10(2)16-13-5-4-11(7-14)12(6-13)8-15/h4-6,10,16H,3,9H2,1-2H3. The van der Waals surface area contributed by atoms with Crippen LogP contribution in [0.25, 0.3) is 0 Å². The van der Waals surface area contributed by atoms with Gasteiger partial charge in [0.25, 0.3) is 0 Å². The summed E-state index contributed by atoms with van der Waals surface area (Å²) in [6.45, 7) is 3.37. The molecular weight excluding hydrogens is 262 g/mol. The maximum atomic E-state index is 11.5. The highest BCUT2D eigenvalue weighted by atomic mass is 32.2. The molecule has 1 N–H and O–H groups in total. The van der Waals surface area contributed by atoms with Gasteiger partial charge in [-0.15, -0.1) is 0 Å². The molecule has 0 radical (unpaired) electrons. The van der Waals surface area contributed by atoms with E-state index in [1.807, 2.05) is 12.1 Å². The van der Waals surface area contributed by atoms with Crippen molar-refractivity contribution in [2.45, 2.75) is 19.9 Å². The van der Waals surface area contributed by atoms with Crippen LogP contribution in [0.1, 0.15) is 25.0 Å². The molecule has 6 heteroatoms. The van der Waals surface area contributed by atoms with E-state index in [4.69, 9.17) is 10.5 Å². The van der Waals surface area contributed by atoms with E-state index in [-0.39, 0.29) is 23.1 Å². The van der Waals surface area contributed by atoms with E-state index in [1.165, 1.54) is 0 Å². The number of nitrogens with one attached hydrogen (secondary N) is 1. The number of benzene rings is 1. The van der Waals surface area contributed by atoms with Crippen LogP contribution in [0.4, 0.5) is 5.69 Å². The SMILES string of the molecule is CCS(=O)(=O)CC(C)Nc1ccc(C#N)c(C#N)c1. The molecule has 1 atom stereocenters. The second-order valence-electron chi connectivity index (χ2n) is 4.23. The number of hydrogen-bond donors (Lipinski definition) is 1. The molecule has 0 fully saturated rings. The maximum Gasteiger partial charge on any atom is 0.152 e. The second-order valence-corrected chi connectivity index (χ2v) is 6.63. The molecule has 1 aromatic rings. The minimum absolute atomic E-state index is 0.0331. The number of nitrogens with zero attached hydrogens (tertiary/aromatic N) is 2. The van der Waals surface area contributed by atoms with Crippen LogP contribution in [0, 0.1) is 22.7 Å². The highest BCUT2D eigenvalue weighted by Crippen LogP contribution is 2.15. The van der Waals surface area contributed by atoms with Gasteiger partial charge in [0.05, 0.1) is 16.9 Å². The van der Waals surface area contributed by atoms with Crippen molar-refractivity contribution in [3.8, 4) is 12.1 Å². The predicted molar refractivity (Wildman–Crippen MR) is 73.3 cm³/mol. The predicted octanol–water partition coefficient (Wildman–Crippen LogP) is 1.67. The van der Waals surface area contributed by atoms with E-state index in [0.717, 1.165) is 0 Å². The molecule has 0 aliphatic rings. The lowest BCUT2D eigenvalue weighted by atomic mass is 10.1. The van der Waals surface area contributed by atoms with Crippen molar-refractivity contribution in [1.82, 2.24) is 0 Å². The Kier molecular flexibility index (Phi) is 4.91. The summed E-state index contributed by atoms with van der Waals surface area (Å²) in [6, 6.07) is 8.36. The number of hydrogen-bond acceptors (Lipinski definition) is 5. The van der Waals surface area contributed by atoms with Gasteiger partial charge in [-0.2, -0.15) is 10.5 Å². The molecule has 1 rings (SSSR count). The molecule has 19 heavy (non-hydrogen) atoms. The first-order chi connectivity index (χ1) is 8.91. The summed E-state index contributed by atoms with van der Waals surface area (Å²) in [5, 5.41) is 20.7. The minimum atomic E-state index is -3.05. The van der Waals surface area contributed by atoms with Crippen LogP contribution in [0.3, 0.4) is 0 Å². The fraction of sp³-hybridized carbons (Fsp3) is 0.385. The first-order valence-corrected chi connectivity index (χ1v) is 7.65. The molecule has 5 nitrogen and oxygen atoms in total. The van der Waals surface area contributed by atoms with Crippen LogP contribution in [0.5, 0.6) is 0 Å². The Bertz CT molecular complexity index is 639. The molecule has 0 spiro atoms. The zero-order valence-corrected chi connectivity index (χ0v) is 11.7. The fourth-order valence-corrected chi connectivity index (χ4v) is 2.73. The molecule has 0 heterocycles. The number of anilines is 1. The molecule has 1 aromatic carbocycles. The Labute approximate surface area is 113 Å². The van der Waals surface area contributed by atoms with Gasteiger partial charge in [0.1, 0.15) is 12.1 Å². The summed E-state index contributed by atoms with van der Waals surface area (Å²) in [7, 11) is -3.05.